The fourth-order valence-corrected chi connectivity index (χ4v) is 3.65. The van der Waals surface area contributed by atoms with Gasteiger partial charge < -0.3 is 15.0 Å². The minimum Gasteiger partial charge on any atom is -0.469 e. The molecule has 0 spiro atoms. The van der Waals surface area contributed by atoms with Crippen molar-refractivity contribution in [2.45, 2.75) is 31.3 Å². The van der Waals surface area contributed by atoms with E-state index in [9.17, 15) is 9.59 Å². The standard InChI is InChI=1S/C17H22N2O3/c1-22-17(21)13-11-14(16(20)19-9-5-6-10-19)18-15(13)12-7-3-2-4-8-12/h2-4,7-8,13-15,18H,5-6,9-11H2,1H3/p+1/t13-,14+,15+/m0/s1. The first-order valence-corrected chi connectivity index (χ1v) is 7.97. The minimum absolute atomic E-state index is 0.0368. The smallest absolute Gasteiger partial charge is 0.315 e. The van der Waals surface area contributed by atoms with Gasteiger partial charge in [0, 0.05) is 25.1 Å². The van der Waals surface area contributed by atoms with Crippen molar-refractivity contribution in [1.29, 1.82) is 0 Å². The highest BCUT2D eigenvalue weighted by molar-refractivity contribution is 5.83. The average molecular weight is 303 g/mol. The molecule has 118 valence electrons. The summed E-state index contributed by atoms with van der Waals surface area (Å²) in [6.07, 6.45) is 2.73. The molecule has 0 saturated carbocycles. The molecule has 0 aliphatic carbocycles. The highest BCUT2D eigenvalue weighted by Crippen LogP contribution is 2.29. The lowest BCUT2D eigenvalue weighted by Crippen LogP contribution is -2.90. The van der Waals surface area contributed by atoms with Crippen LogP contribution in [0.5, 0.6) is 0 Å². The van der Waals surface area contributed by atoms with E-state index in [1.54, 1.807) is 0 Å². The lowest BCUT2D eigenvalue weighted by Gasteiger charge is -2.18. The Bertz CT molecular complexity index is 540. The van der Waals surface area contributed by atoms with Crippen LogP contribution in [0.4, 0.5) is 0 Å². The molecule has 0 bridgehead atoms. The zero-order valence-corrected chi connectivity index (χ0v) is 12.9. The van der Waals surface area contributed by atoms with E-state index >= 15 is 0 Å². The number of hydrogen-bond donors (Lipinski definition) is 1. The number of nitrogens with two attached hydrogens (primary N) is 1. The van der Waals surface area contributed by atoms with Crippen LogP contribution in [0.3, 0.4) is 0 Å². The predicted molar refractivity (Wildman–Crippen MR) is 80.8 cm³/mol. The summed E-state index contributed by atoms with van der Waals surface area (Å²) in [6.45, 7) is 1.70. The molecule has 2 saturated heterocycles. The monoisotopic (exact) mass is 303 g/mol. The number of nitrogens with zero attached hydrogens (tertiary/aromatic N) is 1. The van der Waals surface area contributed by atoms with Crippen molar-refractivity contribution in [2.24, 2.45) is 5.92 Å². The van der Waals surface area contributed by atoms with E-state index in [1.165, 1.54) is 7.11 Å². The number of carbonyl (C=O) groups is 2. The first kappa shape index (κ1) is 15.0. The number of amides is 1. The van der Waals surface area contributed by atoms with Gasteiger partial charge in [-0.1, -0.05) is 30.3 Å². The molecular formula is C17H23N2O3+. The van der Waals surface area contributed by atoms with Crippen molar-refractivity contribution in [3.05, 3.63) is 35.9 Å². The Kier molecular flexibility index (Phi) is 4.43. The largest absolute Gasteiger partial charge is 0.469 e. The number of carbonyl (C=O) groups excluding carboxylic acids is 2. The van der Waals surface area contributed by atoms with Gasteiger partial charge in [0.25, 0.3) is 5.91 Å². The maximum atomic E-state index is 12.6. The van der Waals surface area contributed by atoms with Crippen molar-refractivity contribution in [3.63, 3.8) is 0 Å². The third-order valence-corrected chi connectivity index (χ3v) is 4.80. The van der Waals surface area contributed by atoms with Crippen LogP contribution in [-0.2, 0) is 14.3 Å². The molecule has 1 amide bonds. The quantitative estimate of drug-likeness (QED) is 0.826. The first-order chi connectivity index (χ1) is 10.7. The fourth-order valence-electron chi connectivity index (χ4n) is 3.65. The lowest BCUT2D eigenvalue weighted by atomic mass is 9.93. The number of benzene rings is 1. The summed E-state index contributed by atoms with van der Waals surface area (Å²) in [4.78, 5) is 26.7. The molecule has 2 aliphatic rings. The summed E-state index contributed by atoms with van der Waals surface area (Å²) in [5, 5.41) is 2.05. The molecule has 3 atom stereocenters. The molecule has 5 nitrogen and oxygen atoms in total. The SMILES string of the molecule is COC(=O)[C@H]1C[C@H](C(=O)N2CCCC2)[NH2+][C@@H]1c1ccccc1. The van der Waals surface area contributed by atoms with E-state index in [1.807, 2.05) is 35.2 Å². The van der Waals surface area contributed by atoms with Crippen molar-refractivity contribution in [1.82, 2.24) is 4.90 Å². The van der Waals surface area contributed by atoms with Crippen LogP contribution >= 0.6 is 0 Å². The Labute approximate surface area is 130 Å². The number of ether oxygens (including phenoxy) is 1. The molecular weight excluding hydrogens is 280 g/mol. The Morgan fingerprint density at radius 3 is 2.50 bits per heavy atom. The van der Waals surface area contributed by atoms with Crippen molar-refractivity contribution in [3.8, 4) is 0 Å². The molecule has 5 heteroatoms. The van der Waals surface area contributed by atoms with Crippen LogP contribution in [-0.4, -0.2) is 43.0 Å². The van der Waals surface area contributed by atoms with Crippen LogP contribution in [0.1, 0.15) is 30.9 Å². The van der Waals surface area contributed by atoms with E-state index in [2.05, 4.69) is 5.32 Å². The van der Waals surface area contributed by atoms with Gasteiger partial charge in [-0.05, 0) is 12.8 Å². The second kappa shape index (κ2) is 6.48. The van der Waals surface area contributed by atoms with Crippen molar-refractivity contribution < 1.29 is 19.6 Å². The van der Waals surface area contributed by atoms with Gasteiger partial charge in [-0.2, -0.15) is 0 Å². The van der Waals surface area contributed by atoms with Crippen LogP contribution in [0.25, 0.3) is 0 Å². The van der Waals surface area contributed by atoms with Crippen LogP contribution in [0, 0.1) is 5.92 Å². The summed E-state index contributed by atoms with van der Waals surface area (Å²) in [6, 6.07) is 9.70. The summed E-state index contributed by atoms with van der Waals surface area (Å²) >= 11 is 0. The van der Waals surface area contributed by atoms with Crippen LogP contribution in [0.2, 0.25) is 0 Å². The molecule has 1 aromatic carbocycles. The molecule has 3 rings (SSSR count). The van der Waals surface area contributed by atoms with Gasteiger partial charge in [0.1, 0.15) is 12.0 Å². The molecule has 2 aliphatic heterocycles. The van der Waals surface area contributed by atoms with Gasteiger partial charge in [-0.25, -0.2) is 0 Å². The number of rotatable bonds is 3. The van der Waals surface area contributed by atoms with Crippen molar-refractivity contribution >= 4 is 11.9 Å². The summed E-state index contributed by atoms with van der Waals surface area (Å²) in [7, 11) is 1.42. The molecule has 2 N–H and O–H groups in total. The summed E-state index contributed by atoms with van der Waals surface area (Å²) in [5.41, 5.74) is 1.08. The molecule has 0 radical (unpaired) electrons. The average Bonchev–Trinajstić information content (AvgIpc) is 3.24. The topological polar surface area (TPSA) is 63.2 Å². The van der Waals surface area contributed by atoms with Crippen molar-refractivity contribution in [2.75, 3.05) is 20.2 Å². The van der Waals surface area contributed by atoms with Gasteiger partial charge in [-0.3, -0.25) is 9.59 Å². The van der Waals surface area contributed by atoms with Crippen LogP contribution < -0.4 is 5.32 Å². The molecule has 2 fully saturated rings. The maximum absolute atomic E-state index is 12.6. The Balaban J connectivity index is 1.79. The van der Waals surface area contributed by atoms with Gasteiger partial charge in [0.05, 0.1) is 7.11 Å². The number of hydrogen-bond acceptors (Lipinski definition) is 3. The number of methoxy groups -OCH3 is 1. The molecule has 1 aromatic rings. The zero-order valence-electron chi connectivity index (χ0n) is 12.9. The normalized spacial score (nSPS) is 27.9. The van der Waals surface area contributed by atoms with E-state index < -0.39 is 0 Å². The number of esters is 1. The molecule has 22 heavy (non-hydrogen) atoms. The fraction of sp³-hybridized carbons (Fsp3) is 0.529. The van der Waals surface area contributed by atoms with Crippen LogP contribution in [0.15, 0.2) is 30.3 Å². The predicted octanol–water partition coefficient (Wildman–Crippen LogP) is 0.475. The highest BCUT2D eigenvalue weighted by Gasteiger charge is 2.47. The first-order valence-electron chi connectivity index (χ1n) is 7.97. The number of quaternary nitrogens is 1. The van der Waals surface area contributed by atoms with Gasteiger partial charge >= 0.3 is 5.97 Å². The van der Waals surface area contributed by atoms with Gasteiger partial charge in [0.15, 0.2) is 6.04 Å². The third kappa shape index (κ3) is 2.86. The van der Waals surface area contributed by atoms with Gasteiger partial charge in [-0.15, -0.1) is 0 Å². The maximum Gasteiger partial charge on any atom is 0.315 e. The minimum atomic E-state index is -0.260. The zero-order chi connectivity index (χ0) is 15.5. The molecule has 0 aromatic heterocycles. The van der Waals surface area contributed by atoms with E-state index in [0.717, 1.165) is 31.5 Å². The second-order valence-electron chi connectivity index (χ2n) is 6.13. The lowest BCUT2D eigenvalue weighted by molar-refractivity contribution is -0.698. The second-order valence-corrected chi connectivity index (χ2v) is 6.13. The van der Waals surface area contributed by atoms with E-state index in [-0.39, 0.29) is 29.9 Å². The Morgan fingerprint density at radius 1 is 1.18 bits per heavy atom. The third-order valence-electron chi connectivity index (χ3n) is 4.80. The highest BCUT2D eigenvalue weighted by atomic mass is 16.5. The van der Waals surface area contributed by atoms with Gasteiger partial charge in [0.2, 0.25) is 0 Å². The Morgan fingerprint density at radius 2 is 1.86 bits per heavy atom. The number of likely N-dealkylation sites (tertiary alicyclic amines) is 1. The summed E-state index contributed by atoms with van der Waals surface area (Å²) < 4.78 is 4.96. The molecule has 2 heterocycles. The summed E-state index contributed by atoms with van der Waals surface area (Å²) in [5.74, 6) is -0.310. The molecule has 0 unspecified atom stereocenters. The van der Waals surface area contributed by atoms with E-state index in [4.69, 9.17) is 4.74 Å². The Hall–Kier alpha value is -1.88. The van der Waals surface area contributed by atoms with E-state index in [0.29, 0.717) is 6.42 Å².